The van der Waals surface area contributed by atoms with Gasteiger partial charge in [0.15, 0.2) is 0 Å². The van der Waals surface area contributed by atoms with Crippen LogP contribution < -0.4 is 14.8 Å². The summed E-state index contributed by atoms with van der Waals surface area (Å²) >= 11 is 0. The Morgan fingerprint density at radius 1 is 1.12 bits per heavy atom. The summed E-state index contributed by atoms with van der Waals surface area (Å²) in [5.74, 6) is 0.338. The molecule has 1 aliphatic rings. The highest BCUT2D eigenvalue weighted by Gasteiger charge is 2.22. The van der Waals surface area contributed by atoms with Crippen LogP contribution in [0.25, 0.3) is 0 Å². The van der Waals surface area contributed by atoms with Crippen molar-refractivity contribution in [2.24, 2.45) is 0 Å². The van der Waals surface area contributed by atoms with Gasteiger partial charge in [-0.05, 0) is 18.2 Å². The van der Waals surface area contributed by atoms with E-state index in [0.29, 0.717) is 37.6 Å². The molecule has 1 aromatic carbocycles. The first-order valence-corrected chi connectivity index (χ1v) is 9.56. The topological polar surface area (TPSA) is 108 Å². The summed E-state index contributed by atoms with van der Waals surface area (Å²) < 4.78 is 30.3. The van der Waals surface area contributed by atoms with Crippen molar-refractivity contribution < 1.29 is 22.7 Å². The van der Waals surface area contributed by atoms with Crippen LogP contribution >= 0.6 is 0 Å². The second-order valence-electron chi connectivity index (χ2n) is 5.71. The van der Waals surface area contributed by atoms with E-state index in [1.165, 1.54) is 20.1 Å². The van der Waals surface area contributed by atoms with Gasteiger partial charge >= 0.3 is 6.03 Å². The Balaban J connectivity index is 2.06. The van der Waals surface area contributed by atoms with Crippen LogP contribution in [-0.4, -0.2) is 69.7 Å². The first kappa shape index (κ1) is 18.8. The van der Waals surface area contributed by atoms with Gasteiger partial charge in [0.2, 0.25) is 15.9 Å². The van der Waals surface area contributed by atoms with Gasteiger partial charge < -0.3 is 19.9 Å². The molecule has 0 bridgehead atoms. The van der Waals surface area contributed by atoms with Gasteiger partial charge in [0.05, 0.1) is 19.1 Å². The molecule has 2 N–H and O–H groups in total. The Kier molecular flexibility index (Phi) is 5.73. The second kappa shape index (κ2) is 7.60. The predicted octanol–water partition coefficient (Wildman–Crippen LogP) is 0.763. The number of anilines is 2. The number of carbonyl (C=O) groups is 2. The van der Waals surface area contributed by atoms with Gasteiger partial charge in [0.1, 0.15) is 5.75 Å². The van der Waals surface area contributed by atoms with E-state index in [0.717, 1.165) is 6.26 Å². The number of hydrogen-bond acceptors (Lipinski definition) is 5. The monoisotopic (exact) mass is 370 g/mol. The van der Waals surface area contributed by atoms with E-state index in [-0.39, 0.29) is 17.6 Å². The number of rotatable bonds is 4. The lowest BCUT2D eigenvalue weighted by molar-refractivity contribution is -0.130. The van der Waals surface area contributed by atoms with E-state index in [1.807, 2.05) is 0 Å². The molecule has 10 heteroatoms. The molecule has 1 fully saturated rings. The van der Waals surface area contributed by atoms with Crippen LogP contribution in [0.5, 0.6) is 5.75 Å². The molecule has 25 heavy (non-hydrogen) atoms. The molecule has 0 radical (unpaired) electrons. The zero-order valence-corrected chi connectivity index (χ0v) is 15.2. The average molecular weight is 370 g/mol. The molecule has 1 aliphatic heterocycles. The maximum atomic E-state index is 12.3. The molecule has 0 spiro atoms. The quantitative estimate of drug-likeness (QED) is 0.814. The van der Waals surface area contributed by atoms with E-state index in [2.05, 4.69) is 10.0 Å². The highest BCUT2D eigenvalue weighted by molar-refractivity contribution is 7.92. The van der Waals surface area contributed by atoms with Crippen LogP contribution in [-0.2, 0) is 14.8 Å². The molecule has 1 aromatic rings. The third kappa shape index (κ3) is 5.24. The lowest BCUT2D eigenvalue weighted by Crippen LogP contribution is -2.51. The normalized spacial score (nSPS) is 14.8. The minimum Gasteiger partial charge on any atom is -0.495 e. The fourth-order valence-corrected chi connectivity index (χ4v) is 3.05. The molecule has 138 valence electrons. The number of nitrogens with one attached hydrogen (secondary N) is 2. The summed E-state index contributed by atoms with van der Waals surface area (Å²) in [6.45, 7) is 3.37. The van der Waals surface area contributed by atoms with Gasteiger partial charge in [-0.25, -0.2) is 13.2 Å². The predicted molar refractivity (Wildman–Crippen MR) is 94.3 cm³/mol. The first-order chi connectivity index (χ1) is 11.7. The van der Waals surface area contributed by atoms with E-state index in [4.69, 9.17) is 4.74 Å². The lowest BCUT2D eigenvalue weighted by atomic mass is 10.2. The number of amides is 3. The first-order valence-electron chi connectivity index (χ1n) is 7.67. The summed E-state index contributed by atoms with van der Waals surface area (Å²) in [5.41, 5.74) is 0.676. The zero-order chi connectivity index (χ0) is 18.6. The van der Waals surface area contributed by atoms with Gasteiger partial charge in [-0.15, -0.1) is 0 Å². The van der Waals surface area contributed by atoms with Crippen molar-refractivity contribution in [2.45, 2.75) is 6.92 Å². The van der Waals surface area contributed by atoms with E-state index >= 15 is 0 Å². The molecule has 9 nitrogen and oxygen atoms in total. The van der Waals surface area contributed by atoms with Crippen LogP contribution in [0.3, 0.4) is 0 Å². The molecule has 3 amide bonds. The molecule has 1 saturated heterocycles. The summed E-state index contributed by atoms with van der Waals surface area (Å²) in [6, 6.07) is 4.37. The van der Waals surface area contributed by atoms with E-state index < -0.39 is 10.0 Å². The third-order valence-corrected chi connectivity index (χ3v) is 4.35. The van der Waals surface area contributed by atoms with Crippen molar-refractivity contribution in [1.29, 1.82) is 0 Å². The van der Waals surface area contributed by atoms with Crippen LogP contribution in [0, 0.1) is 0 Å². The van der Waals surface area contributed by atoms with Gasteiger partial charge in [-0.2, -0.15) is 0 Å². The molecule has 0 aliphatic carbocycles. The van der Waals surface area contributed by atoms with Crippen molar-refractivity contribution in [3.63, 3.8) is 0 Å². The van der Waals surface area contributed by atoms with Gasteiger partial charge in [-0.1, -0.05) is 0 Å². The van der Waals surface area contributed by atoms with Crippen LogP contribution in [0.1, 0.15) is 6.92 Å². The molecule has 0 unspecified atom stereocenters. The minimum absolute atomic E-state index is 0.00768. The van der Waals surface area contributed by atoms with Crippen LogP contribution in [0.15, 0.2) is 18.2 Å². The Labute approximate surface area is 147 Å². The standard InChI is InChI=1S/C15H22N4O5S/c1-11(20)18-6-8-19(9-7-18)15(21)16-12-4-5-14(24-2)13(10-12)17-25(3,22)23/h4-5,10,17H,6-9H2,1-3H3,(H,16,21). The SMILES string of the molecule is COc1ccc(NC(=O)N2CCN(C(C)=O)CC2)cc1NS(C)(=O)=O. The largest absolute Gasteiger partial charge is 0.495 e. The molecule has 0 aromatic heterocycles. The maximum Gasteiger partial charge on any atom is 0.321 e. The minimum atomic E-state index is -3.48. The molecular formula is C15H22N4O5S. The fraction of sp³-hybridized carbons (Fsp3) is 0.467. The zero-order valence-electron chi connectivity index (χ0n) is 14.4. The summed E-state index contributed by atoms with van der Waals surface area (Å²) in [7, 11) is -2.05. The van der Waals surface area contributed by atoms with Gasteiger partial charge in [0, 0.05) is 38.8 Å². The Bertz CT molecular complexity index is 757. The third-order valence-electron chi connectivity index (χ3n) is 3.76. The number of sulfonamides is 1. The summed E-state index contributed by atoms with van der Waals surface area (Å²) in [5, 5.41) is 2.73. The highest BCUT2D eigenvalue weighted by atomic mass is 32.2. The Hall–Kier alpha value is -2.49. The molecule has 0 saturated carbocycles. The second-order valence-corrected chi connectivity index (χ2v) is 7.46. The molecule has 2 rings (SSSR count). The van der Waals surface area contributed by atoms with Gasteiger partial charge in [-0.3, -0.25) is 9.52 Å². The fourth-order valence-electron chi connectivity index (χ4n) is 2.49. The van der Waals surface area contributed by atoms with Crippen molar-refractivity contribution in [3.05, 3.63) is 18.2 Å². The average Bonchev–Trinajstić information content (AvgIpc) is 2.53. The molecule has 1 heterocycles. The highest BCUT2D eigenvalue weighted by Crippen LogP contribution is 2.28. The number of nitrogens with zero attached hydrogens (tertiary/aromatic N) is 2. The summed E-state index contributed by atoms with van der Waals surface area (Å²) in [4.78, 5) is 26.9. The summed E-state index contributed by atoms with van der Waals surface area (Å²) in [6.07, 6.45) is 1.03. The van der Waals surface area contributed by atoms with E-state index in [1.54, 1.807) is 21.9 Å². The molecule has 0 atom stereocenters. The number of benzene rings is 1. The molecular weight excluding hydrogens is 348 g/mol. The van der Waals surface area contributed by atoms with Crippen molar-refractivity contribution in [2.75, 3.05) is 49.6 Å². The van der Waals surface area contributed by atoms with Gasteiger partial charge in [0.25, 0.3) is 0 Å². The lowest BCUT2D eigenvalue weighted by Gasteiger charge is -2.34. The van der Waals surface area contributed by atoms with Crippen molar-refractivity contribution >= 4 is 33.3 Å². The van der Waals surface area contributed by atoms with Crippen LogP contribution in [0.4, 0.5) is 16.2 Å². The Morgan fingerprint density at radius 3 is 2.24 bits per heavy atom. The number of carbonyl (C=O) groups excluding carboxylic acids is 2. The van der Waals surface area contributed by atoms with Crippen molar-refractivity contribution in [3.8, 4) is 5.75 Å². The van der Waals surface area contributed by atoms with Crippen molar-refractivity contribution in [1.82, 2.24) is 9.80 Å². The Morgan fingerprint density at radius 2 is 1.72 bits per heavy atom. The number of urea groups is 1. The number of piperazine rings is 1. The maximum absolute atomic E-state index is 12.3. The number of hydrogen-bond donors (Lipinski definition) is 2. The van der Waals surface area contributed by atoms with E-state index in [9.17, 15) is 18.0 Å². The number of ether oxygens (including phenoxy) is 1. The van der Waals surface area contributed by atoms with Crippen LogP contribution in [0.2, 0.25) is 0 Å². The number of methoxy groups -OCH3 is 1. The smallest absolute Gasteiger partial charge is 0.321 e.